The molecule has 0 spiro atoms. The number of hydrogen-bond donors (Lipinski definition) is 1. The molecule has 19 heavy (non-hydrogen) atoms. The molecule has 1 aliphatic rings. The van der Waals surface area contributed by atoms with Gasteiger partial charge in [-0.2, -0.15) is 0 Å². The minimum absolute atomic E-state index is 0.558. The summed E-state index contributed by atoms with van der Waals surface area (Å²) in [4.78, 5) is 0. The van der Waals surface area contributed by atoms with Crippen LogP contribution in [0.4, 0.5) is 0 Å². The first-order chi connectivity index (χ1) is 9.17. The predicted molar refractivity (Wildman–Crippen MR) is 80.5 cm³/mol. The van der Waals surface area contributed by atoms with Crippen LogP contribution in [0.3, 0.4) is 0 Å². The molecular weight excluding hydrogens is 234 g/mol. The van der Waals surface area contributed by atoms with Crippen molar-refractivity contribution in [3.05, 3.63) is 29.8 Å². The molecule has 0 aromatic heterocycles. The van der Waals surface area contributed by atoms with Gasteiger partial charge in [-0.15, -0.1) is 0 Å². The Bertz CT molecular complexity index is 402. The lowest BCUT2D eigenvalue weighted by Crippen LogP contribution is -2.31. The third kappa shape index (κ3) is 3.11. The summed E-state index contributed by atoms with van der Waals surface area (Å²) in [6.07, 6.45) is 3.83. The van der Waals surface area contributed by atoms with Gasteiger partial charge in [-0.1, -0.05) is 32.0 Å². The summed E-state index contributed by atoms with van der Waals surface area (Å²) in [5.74, 6) is 3.76. The normalized spacial score (nSPS) is 27.5. The van der Waals surface area contributed by atoms with Crippen molar-refractivity contribution in [1.82, 2.24) is 0 Å². The topological polar surface area (TPSA) is 35.2 Å². The number of para-hydroxylation sites is 1. The molecule has 1 saturated carbocycles. The van der Waals surface area contributed by atoms with E-state index in [-0.39, 0.29) is 0 Å². The minimum atomic E-state index is 0.558. The van der Waals surface area contributed by atoms with Crippen LogP contribution in [-0.2, 0) is 0 Å². The highest BCUT2D eigenvalue weighted by Gasteiger charge is 2.33. The van der Waals surface area contributed by atoms with Crippen molar-refractivity contribution in [2.75, 3.05) is 13.7 Å². The molecule has 3 unspecified atom stereocenters. The first-order valence-corrected chi connectivity index (χ1v) is 7.50. The number of benzene rings is 1. The van der Waals surface area contributed by atoms with Gasteiger partial charge in [0.05, 0.1) is 7.11 Å². The fourth-order valence-corrected chi connectivity index (χ4v) is 3.51. The fourth-order valence-electron chi connectivity index (χ4n) is 3.51. The molecule has 1 aliphatic carbocycles. The van der Waals surface area contributed by atoms with E-state index in [0.717, 1.165) is 24.1 Å². The summed E-state index contributed by atoms with van der Waals surface area (Å²) in [5, 5.41) is 0. The Kier molecular flexibility index (Phi) is 4.87. The fraction of sp³-hybridized carbons (Fsp3) is 0.647. The van der Waals surface area contributed by atoms with Crippen molar-refractivity contribution < 1.29 is 4.74 Å². The number of hydrogen-bond acceptors (Lipinski definition) is 2. The van der Waals surface area contributed by atoms with Gasteiger partial charge in [-0.25, -0.2) is 0 Å². The summed E-state index contributed by atoms with van der Waals surface area (Å²) in [6, 6.07) is 8.45. The Hall–Kier alpha value is -1.02. The molecule has 1 fully saturated rings. The van der Waals surface area contributed by atoms with Crippen molar-refractivity contribution in [1.29, 1.82) is 0 Å². The first kappa shape index (κ1) is 14.4. The van der Waals surface area contributed by atoms with E-state index < -0.39 is 0 Å². The van der Waals surface area contributed by atoms with Crippen LogP contribution in [0, 0.1) is 17.8 Å². The summed E-state index contributed by atoms with van der Waals surface area (Å²) in [7, 11) is 1.76. The van der Waals surface area contributed by atoms with Crippen molar-refractivity contribution in [2.24, 2.45) is 23.5 Å². The lowest BCUT2D eigenvalue weighted by Gasteiger charge is -2.38. The first-order valence-electron chi connectivity index (χ1n) is 7.50. The SMILES string of the molecule is COc1ccccc1C1CC(C(C)C)CCC1CN. The number of rotatable bonds is 4. The molecule has 2 heteroatoms. The van der Waals surface area contributed by atoms with Crippen LogP contribution in [0.15, 0.2) is 24.3 Å². The Balaban J connectivity index is 2.27. The maximum absolute atomic E-state index is 6.00. The van der Waals surface area contributed by atoms with Crippen molar-refractivity contribution in [3.8, 4) is 5.75 Å². The Morgan fingerprint density at radius 3 is 2.63 bits per heavy atom. The van der Waals surface area contributed by atoms with Gasteiger partial charge in [-0.3, -0.25) is 0 Å². The Labute approximate surface area is 117 Å². The van der Waals surface area contributed by atoms with Crippen molar-refractivity contribution in [3.63, 3.8) is 0 Å². The summed E-state index contributed by atoms with van der Waals surface area (Å²) in [5.41, 5.74) is 7.36. The van der Waals surface area contributed by atoms with Crippen molar-refractivity contribution in [2.45, 2.75) is 39.0 Å². The standard InChI is InChI=1S/C17H27NO/c1-12(2)13-8-9-14(11-18)16(10-13)15-6-4-5-7-17(15)19-3/h4-7,12-14,16H,8-11,18H2,1-3H3. The lowest BCUT2D eigenvalue weighted by molar-refractivity contribution is 0.195. The molecule has 2 rings (SSSR count). The van der Waals surface area contributed by atoms with E-state index >= 15 is 0 Å². The van der Waals surface area contributed by atoms with Gasteiger partial charge in [0.25, 0.3) is 0 Å². The largest absolute Gasteiger partial charge is 0.496 e. The maximum atomic E-state index is 6.00. The highest BCUT2D eigenvalue weighted by atomic mass is 16.5. The maximum Gasteiger partial charge on any atom is 0.122 e. The van der Waals surface area contributed by atoms with Gasteiger partial charge in [-0.05, 0) is 61.1 Å². The van der Waals surface area contributed by atoms with Gasteiger partial charge in [0.1, 0.15) is 5.75 Å². The molecule has 3 atom stereocenters. The smallest absolute Gasteiger partial charge is 0.122 e. The third-order valence-electron chi connectivity index (χ3n) is 4.82. The molecule has 0 saturated heterocycles. The molecule has 1 aromatic rings. The molecule has 0 amide bonds. The van der Waals surface area contributed by atoms with E-state index in [1.165, 1.54) is 24.8 Å². The third-order valence-corrected chi connectivity index (χ3v) is 4.82. The van der Waals surface area contributed by atoms with E-state index in [1.807, 2.05) is 6.07 Å². The van der Waals surface area contributed by atoms with Gasteiger partial charge in [0, 0.05) is 0 Å². The van der Waals surface area contributed by atoms with Gasteiger partial charge in [0.2, 0.25) is 0 Å². The van der Waals surface area contributed by atoms with E-state index in [9.17, 15) is 0 Å². The van der Waals surface area contributed by atoms with Crippen LogP contribution in [0.2, 0.25) is 0 Å². The molecule has 0 radical (unpaired) electrons. The lowest BCUT2D eigenvalue weighted by atomic mass is 9.68. The zero-order chi connectivity index (χ0) is 13.8. The van der Waals surface area contributed by atoms with E-state index in [0.29, 0.717) is 11.8 Å². The summed E-state index contributed by atoms with van der Waals surface area (Å²) in [6.45, 7) is 5.47. The summed E-state index contributed by atoms with van der Waals surface area (Å²) < 4.78 is 5.55. The molecule has 106 valence electrons. The molecule has 0 heterocycles. The second-order valence-electron chi connectivity index (χ2n) is 6.16. The zero-order valence-electron chi connectivity index (χ0n) is 12.4. The van der Waals surface area contributed by atoms with E-state index in [1.54, 1.807) is 7.11 Å². The molecule has 1 aromatic carbocycles. The molecule has 2 N–H and O–H groups in total. The van der Waals surface area contributed by atoms with Crippen LogP contribution in [0.5, 0.6) is 5.75 Å². The highest BCUT2D eigenvalue weighted by Crippen LogP contribution is 2.45. The van der Waals surface area contributed by atoms with E-state index in [2.05, 4.69) is 32.0 Å². The Morgan fingerprint density at radius 1 is 1.26 bits per heavy atom. The summed E-state index contributed by atoms with van der Waals surface area (Å²) >= 11 is 0. The zero-order valence-corrected chi connectivity index (χ0v) is 12.4. The molecule has 2 nitrogen and oxygen atoms in total. The molecule has 0 aliphatic heterocycles. The minimum Gasteiger partial charge on any atom is -0.496 e. The second kappa shape index (κ2) is 6.42. The van der Waals surface area contributed by atoms with Crippen LogP contribution >= 0.6 is 0 Å². The average molecular weight is 261 g/mol. The van der Waals surface area contributed by atoms with E-state index in [4.69, 9.17) is 10.5 Å². The average Bonchev–Trinajstić information content (AvgIpc) is 2.46. The monoisotopic (exact) mass is 261 g/mol. The predicted octanol–water partition coefficient (Wildman–Crippen LogP) is 3.81. The van der Waals surface area contributed by atoms with Gasteiger partial charge >= 0.3 is 0 Å². The molecular formula is C17H27NO. The van der Waals surface area contributed by atoms with Crippen LogP contribution < -0.4 is 10.5 Å². The van der Waals surface area contributed by atoms with Crippen LogP contribution in [-0.4, -0.2) is 13.7 Å². The van der Waals surface area contributed by atoms with Gasteiger partial charge < -0.3 is 10.5 Å². The van der Waals surface area contributed by atoms with Crippen LogP contribution in [0.25, 0.3) is 0 Å². The Morgan fingerprint density at radius 2 is 2.00 bits per heavy atom. The number of nitrogens with two attached hydrogens (primary N) is 1. The number of ether oxygens (including phenoxy) is 1. The number of methoxy groups -OCH3 is 1. The quantitative estimate of drug-likeness (QED) is 0.894. The highest BCUT2D eigenvalue weighted by molar-refractivity contribution is 5.37. The van der Waals surface area contributed by atoms with Crippen LogP contribution in [0.1, 0.15) is 44.6 Å². The van der Waals surface area contributed by atoms with Gasteiger partial charge in [0.15, 0.2) is 0 Å². The van der Waals surface area contributed by atoms with Crippen molar-refractivity contribution >= 4 is 0 Å². The molecule has 0 bridgehead atoms. The second-order valence-corrected chi connectivity index (χ2v) is 6.16.